The molecular formula is C12H14BrFO3. The average Bonchev–Trinajstić information content (AvgIpc) is 2.28. The van der Waals surface area contributed by atoms with Crippen molar-refractivity contribution in [1.82, 2.24) is 0 Å². The molecule has 1 aromatic rings. The van der Waals surface area contributed by atoms with Crippen molar-refractivity contribution >= 4 is 22.2 Å². The fourth-order valence-corrected chi connectivity index (χ4v) is 2.25. The van der Waals surface area contributed by atoms with Gasteiger partial charge in [0.05, 0.1) is 18.7 Å². The summed E-state index contributed by atoms with van der Waals surface area (Å²) in [6, 6.07) is 1.32. The van der Waals surface area contributed by atoms with Gasteiger partial charge in [-0.1, -0.05) is 6.92 Å². The van der Waals surface area contributed by atoms with Crippen LogP contribution in [0.1, 0.15) is 24.8 Å². The number of benzene rings is 1. The fourth-order valence-electron chi connectivity index (χ4n) is 1.71. The Bertz CT molecular complexity index is 421. The van der Waals surface area contributed by atoms with Crippen molar-refractivity contribution in [1.29, 1.82) is 0 Å². The zero-order valence-electron chi connectivity index (χ0n) is 9.92. The van der Waals surface area contributed by atoms with E-state index in [0.29, 0.717) is 21.5 Å². The third kappa shape index (κ3) is 2.77. The van der Waals surface area contributed by atoms with Crippen molar-refractivity contribution in [2.45, 2.75) is 19.3 Å². The summed E-state index contributed by atoms with van der Waals surface area (Å²) in [6.07, 6.45) is 0.996. The highest BCUT2D eigenvalue weighted by Gasteiger charge is 2.22. The van der Waals surface area contributed by atoms with E-state index in [2.05, 4.69) is 15.9 Å². The van der Waals surface area contributed by atoms with Gasteiger partial charge in [-0.05, 0) is 27.9 Å². The van der Waals surface area contributed by atoms with Gasteiger partial charge in [0, 0.05) is 12.0 Å². The molecule has 0 saturated carbocycles. The summed E-state index contributed by atoms with van der Waals surface area (Å²) >= 11 is 3.21. The predicted octanol–water partition coefficient (Wildman–Crippen LogP) is 3.30. The molecule has 1 rings (SSSR count). The van der Waals surface area contributed by atoms with Crippen LogP contribution in [0, 0.1) is 5.82 Å². The first-order valence-corrected chi connectivity index (χ1v) is 5.89. The molecule has 5 heteroatoms. The van der Waals surface area contributed by atoms with Gasteiger partial charge in [-0.2, -0.15) is 0 Å². The predicted molar refractivity (Wildman–Crippen MR) is 66.3 cm³/mol. The Balaban J connectivity index is 3.41. The third-order valence-electron chi connectivity index (χ3n) is 2.53. The van der Waals surface area contributed by atoms with Crippen LogP contribution >= 0.6 is 15.9 Å². The molecule has 0 aromatic heterocycles. The maximum atomic E-state index is 13.9. The van der Waals surface area contributed by atoms with Crippen LogP contribution in [0.3, 0.4) is 0 Å². The average molecular weight is 305 g/mol. The maximum absolute atomic E-state index is 13.9. The van der Waals surface area contributed by atoms with Crippen LogP contribution in [0.15, 0.2) is 10.5 Å². The van der Waals surface area contributed by atoms with Crippen molar-refractivity contribution < 1.29 is 18.7 Å². The van der Waals surface area contributed by atoms with E-state index in [1.807, 2.05) is 0 Å². The molecule has 94 valence electrons. The van der Waals surface area contributed by atoms with Crippen LogP contribution in [0.5, 0.6) is 11.5 Å². The van der Waals surface area contributed by atoms with E-state index in [-0.39, 0.29) is 12.3 Å². The normalized spacial score (nSPS) is 12.1. The van der Waals surface area contributed by atoms with Gasteiger partial charge in [0.15, 0.2) is 11.5 Å². The Morgan fingerprint density at radius 3 is 2.47 bits per heavy atom. The SMILES string of the molecule is COc1c(Br)cc(F)c(C(C)CC=O)c1OC. The molecule has 1 aromatic carbocycles. The van der Waals surface area contributed by atoms with Crippen LogP contribution in [0.2, 0.25) is 0 Å². The summed E-state index contributed by atoms with van der Waals surface area (Å²) in [5.74, 6) is 0.0868. The molecule has 3 nitrogen and oxygen atoms in total. The summed E-state index contributed by atoms with van der Waals surface area (Å²) in [4.78, 5) is 10.5. The summed E-state index contributed by atoms with van der Waals surface area (Å²) in [7, 11) is 2.93. The molecule has 0 heterocycles. The molecule has 0 spiro atoms. The maximum Gasteiger partial charge on any atom is 0.175 e. The largest absolute Gasteiger partial charge is 0.492 e. The zero-order chi connectivity index (χ0) is 13.0. The van der Waals surface area contributed by atoms with Gasteiger partial charge in [-0.3, -0.25) is 0 Å². The summed E-state index contributed by atoms with van der Waals surface area (Å²) in [5.41, 5.74) is 0.361. The highest BCUT2D eigenvalue weighted by molar-refractivity contribution is 9.10. The van der Waals surface area contributed by atoms with E-state index in [9.17, 15) is 9.18 Å². The number of halogens is 2. The lowest BCUT2D eigenvalue weighted by molar-refractivity contribution is -0.108. The lowest BCUT2D eigenvalue weighted by Crippen LogP contribution is -2.04. The van der Waals surface area contributed by atoms with Crippen LogP contribution in [0.4, 0.5) is 4.39 Å². The molecular weight excluding hydrogens is 291 g/mol. The first-order chi connectivity index (χ1) is 8.06. The minimum atomic E-state index is -0.413. The van der Waals surface area contributed by atoms with Crippen LogP contribution in [-0.4, -0.2) is 20.5 Å². The summed E-state index contributed by atoms with van der Waals surface area (Å²) < 4.78 is 24.7. The van der Waals surface area contributed by atoms with Crippen molar-refractivity contribution in [3.05, 3.63) is 21.9 Å². The quantitative estimate of drug-likeness (QED) is 0.783. The highest BCUT2D eigenvalue weighted by Crippen LogP contribution is 2.43. The summed E-state index contributed by atoms with van der Waals surface area (Å²) in [5, 5.41) is 0. The van der Waals surface area contributed by atoms with Gasteiger partial charge in [-0.15, -0.1) is 0 Å². The Morgan fingerprint density at radius 1 is 1.41 bits per heavy atom. The number of rotatable bonds is 5. The number of carbonyl (C=O) groups excluding carboxylic acids is 1. The van der Waals surface area contributed by atoms with E-state index in [0.717, 1.165) is 6.29 Å². The number of hydrogen-bond acceptors (Lipinski definition) is 3. The first kappa shape index (κ1) is 14.0. The van der Waals surface area contributed by atoms with Crippen molar-refractivity contribution in [2.24, 2.45) is 0 Å². The van der Waals surface area contributed by atoms with E-state index >= 15 is 0 Å². The van der Waals surface area contributed by atoms with E-state index in [1.165, 1.54) is 20.3 Å². The van der Waals surface area contributed by atoms with E-state index in [1.54, 1.807) is 6.92 Å². The molecule has 0 aliphatic heterocycles. The smallest absolute Gasteiger partial charge is 0.175 e. The topological polar surface area (TPSA) is 35.5 Å². The van der Waals surface area contributed by atoms with Crippen molar-refractivity contribution in [3.63, 3.8) is 0 Å². The fraction of sp³-hybridized carbons (Fsp3) is 0.417. The van der Waals surface area contributed by atoms with Gasteiger partial charge in [0.25, 0.3) is 0 Å². The molecule has 1 atom stereocenters. The zero-order valence-corrected chi connectivity index (χ0v) is 11.5. The highest BCUT2D eigenvalue weighted by atomic mass is 79.9. The number of aldehydes is 1. The van der Waals surface area contributed by atoms with Crippen LogP contribution in [0.25, 0.3) is 0 Å². The van der Waals surface area contributed by atoms with Gasteiger partial charge < -0.3 is 14.3 Å². The summed E-state index contributed by atoms with van der Waals surface area (Å²) in [6.45, 7) is 1.77. The molecule has 0 N–H and O–H groups in total. The van der Waals surface area contributed by atoms with E-state index < -0.39 is 5.82 Å². The second kappa shape index (κ2) is 6.00. The molecule has 0 aliphatic carbocycles. The van der Waals surface area contributed by atoms with Gasteiger partial charge in [-0.25, -0.2) is 4.39 Å². The Morgan fingerprint density at radius 2 is 2.00 bits per heavy atom. The van der Waals surface area contributed by atoms with Crippen LogP contribution < -0.4 is 9.47 Å². The van der Waals surface area contributed by atoms with E-state index in [4.69, 9.17) is 9.47 Å². The minimum absolute atomic E-state index is 0.234. The number of carbonyl (C=O) groups is 1. The molecule has 0 fully saturated rings. The standard InChI is InChI=1S/C12H14BrFO3/c1-7(4-5-15)10-9(14)6-8(13)11(16-2)12(10)17-3/h5-7H,4H2,1-3H3. The third-order valence-corrected chi connectivity index (χ3v) is 3.12. The molecule has 0 amide bonds. The van der Waals surface area contributed by atoms with Crippen molar-refractivity contribution in [2.75, 3.05) is 14.2 Å². The minimum Gasteiger partial charge on any atom is -0.492 e. The lowest BCUT2D eigenvalue weighted by atomic mass is 9.96. The molecule has 0 bridgehead atoms. The second-order valence-electron chi connectivity index (χ2n) is 3.62. The molecule has 0 radical (unpaired) electrons. The Labute approximate surface area is 108 Å². The monoisotopic (exact) mass is 304 g/mol. The number of hydrogen-bond donors (Lipinski definition) is 0. The molecule has 1 unspecified atom stereocenters. The number of methoxy groups -OCH3 is 2. The van der Waals surface area contributed by atoms with Gasteiger partial charge in [0.2, 0.25) is 0 Å². The van der Waals surface area contributed by atoms with Crippen LogP contribution in [-0.2, 0) is 4.79 Å². The second-order valence-corrected chi connectivity index (χ2v) is 4.48. The first-order valence-electron chi connectivity index (χ1n) is 5.10. The van der Waals surface area contributed by atoms with Gasteiger partial charge in [0.1, 0.15) is 12.1 Å². The number of ether oxygens (including phenoxy) is 2. The Kier molecular flexibility index (Phi) is 4.93. The lowest BCUT2D eigenvalue weighted by Gasteiger charge is -2.18. The molecule has 0 aliphatic rings. The molecule has 17 heavy (non-hydrogen) atoms. The van der Waals surface area contributed by atoms with Crippen molar-refractivity contribution in [3.8, 4) is 11.5 Å². The molecule has 0 saturated heterocycles. The van der Waals surface area contributed by atoms with Gasteiger partial charge >= 0.3 is 0 Å². The Hall–Kier alpha value is -1.10.